The van der Waals surface area contributed by atoms with Crippen molar-refractivity contribution < 1.29 is 23.5 Å². The minimum atomic E-state index is -0.907. The van der Waals surface area contributed by atoms with Crippen LogP contribution in [0.3, 0.4) is 0 Å². The van der Waals surface area contributed by atoms with Crippen LogP contribution in [0.25, 0.3) is 22.4 Å². The molecule has 0 saturated heterocycles. The molecule has 0 aliphatic carbocycles. The normalized spacial score (nSPS) is 10.8. The number of amides is 2. The number of phenols is 1. The highest BCUT2D eigenvalue weighted by Crippen LogP contribution is 2.36. The highest BCUT2D eigenvalue weighted by atomic mass is 35.5. The van der Waals surface area contributed by atoms with Crippen LogP contribution < -0.4 is 22.1 Å². The van der Waals surface area contributed by atoms with Crippen molar-refractivity contribution in [3.63, 3.8) is 0 Å². The monoisotopic (exact) mass is 572 g/mol. The number of carbonyl (C=O) groups excluding carboxylic acids is 2. The Labute approximate surface area is 234 Å². The summed E-state index contributed by atoms with van der Waals surface area (Å²) in [4.78, 5) is 29.3. The zero-order chi connectivity index (χ0) is 26.5. The summed E-state index contributed by atoms with van der Waals surface area (Å²) in [5.41, 5.74) is 12.7. The Morgan fingerprint density at radius 2 is 1.85 bits per heavy atom. The van der Waals surface area contributed by atoms with E-state index in [1.165, 1.54) is 30.5 Å². The molecule has 0 bridgehead atoms. The topological polar surface area (TPSA) is 180 Å². The van der Waals surface area contributed by atoms with E-state index in [9.17, 15) is 24.3 Å². The number of nitriles is 1. The first-order valence-corrected chi connectivity index (χ1v) is 11.0. The fourth-order valence-corrected chi connectivity index (χ4v) is 3.52. The first-order chi connectivity index (χ1) is 17.8. The third-order valence-corrected chi connectivity index (χ3v) is 5.38. The van der Waals surface area contributed by atoms with Crippen molar-refractivity contribution in [1.29, 1.82) is 5.26 Å². The zero-order valence-electron chi connectivity index (χ0n) is 20.1. The van der Waals surface area contributed by atoms with Crippen molar-refractivity contribution in [2.45, 2.75) is 6.04 Å². The van der Waals surface area contributed by atoms with Crippen LogP contribution in [-0.4, -0.2) is 34.5 Å². The number of halogens is 3. The number of hydrogen-bond acceptors (Lipinski definition) is 8. The van der Waals surface area contributed by atoms with Gasteiger partial charge in [-0.1, -0.05) is 12.1 Å². The summed E-state index contributed by atoms with van der Waals surface area (Å²) in [5, 5.41) is 25.6. The minimum absolute atomic E-state index is 0. The van der Waals surface area contributed by atoms with Crippen molar-refractivity contribution in [3.8, 4) is 34.2 Å². The van der Waals surface area contributed by atoms with Gasteiger partial charge in [0, 0.05) is 29.4 Å². The number of anilines is 2. The van der Waals surface area contributed by atoms with Crippen molar-refractivity contribution >= 4 is 48.1 Å². The van der Waals surface area contributed by atoms with E-state index >= 15 is 0 Å². The van der Waals surface area contributed by atoms with Gasteiger partial charge in [0.25, 0.3) is 5.91 Å². The Bertz CT molecular complexity index is 1530. The fourth-order valence-electron chi connectivity index (χ4n) is 3.52. The lowest BCUT2D eigenvalue weighted by molar-refractivity contribution is -0.117. The van der Waals surface area contributed by atoms with Gasteiger partial charge >= 0.3 is 0 Å². The van der Waals surface area contributed by atoms with Gasteiger partial charge in [0.05, 0.1) is 18.0 Å². The average molecular weight is 573 g/mol. The first kappa shape index (κ1) is 30.8. The second kappa shape index (κ2) is 13.4. The second-order valence-corrected chi connectivity index (χ2v) is 7.90. The maximum absolute atomic E-state index is 13.6. The van der Waals surface area contributed by atoms with Gasteiger partial charge in [-0.3, -0.25) is 9.59 Å². The third kappa shape index (κ3) is 6.90. The molecule has 7 N–H and O–H groups in total. The number of carbonyl (C=O) groups is 2. The molecule has 2 aromatic heterocycles. The molecular weight excluding hydrogens is 550 g/mol. The van der Waals surface area contributed by atoms with Gasteiger partial charge < -0.3 is 31.6 Å². The van der Waals surface area contributed by atoms with Crippen LogP contribution in [0.2, 0.25) is 0 Å². The lowest BCUT2D eigenvalue weighted by Crippen LogP contribution is -2.41. The predicted molar refractivity (Wildman–Crippen MR) is 148 cm³/mol. The minimum Gasteiger partial charge on any atom is -0.507 e. The molecule has 0 radical (unpaired) electrons. The molecule has 202 valence electrons. The summed E-state index contributed by atoms with van der Waals surface area (Å²) >= 11 is 0. The standard InChI is InChI=1S/C26H21FN6O4.2ClH/c27-15-6-7-17(22(34)10-15)21-11-18(14-3-1-4-16(9-14)31-25(35)20(30)13-29)19(12-28)24(32-21)33-26(36)23-5-2-8-37-23;;/h1-11,20,34H,13,29-30H2,(H,31,35)(H,32,33,36);2*1H/t20-;;/m0../s1. The van der Waals surface area contributed by atoms with E-state index in [1.807, 2.05) is 6.07 Å². The quantitative estimate of drug-likeness (QED) is 0.220. The lowest BCUT2D eigenvalue weighted by Gasteiger charge is -2.15. The van der Waals surface area contributed by atoms with Crippen LogP contribution in [0, 0.1) is 17.1 Å². The Morgan fingerprint density at radius 3 is 2.49 bits per heavy atom. The van der Waals surface area contributed by atoms with E-state index in [0.717, 1.165) is 12.1 Å². The number of phenolic OH excluding ortho intramolecular Hbond substituents is 1. The highest BCUT2D eigenvalue weighted by Gasteiger charge is 2.21. The van der Waals surface area contributed by atoms with Crippen molar-refractivity contribution in [2.24, 2.45) is 11.5 Å². The summed E-state index contributed by atoms with van der Waals surface area (Å²) < 4.78 is 18.7. The van der Waals surface area contributed by atoms with Gasteiger partial charge in [-0.2, -0.15) is 5.26 Å². The van der Waals surface area contributed by atoms with E-state index in [0.29, 0.717) is 16.8 Å². The molecule has 0 aliphatic heterocycles. The molecule has 0 fully saturated rings. The van der Waals surface area contributed by atoms with Crippen LogP contribution in [0.5, 0.6) is 5.75 Å². The summed E-state index contributed by atoms with van der Waals surface area (Å²) in [6, 6.07) is 15.6. The van der Waals surface area contributed by atoms with E-state index in [4.69, 9.17) is 15.9 Å². The average Bonchev–Trinajstić information content (AvgIpc) is 3.43. The van der Waals surface area contributed by atoms with Crippen LogP contribution in [-0.2, 0) is 4.79 Å². The molecule has 4 rings (SSSR count). The van der Waals surface area contributed by atoms with Gasteiger partial charge in [0.2, 0.25) is 5.91 Å². The number of nitrogens with zero attached hydrogens (tertiary/aromatic N) is 2. The Balaban J connectivity index is 0.00000267. The van der Waals surface area contributed by atoms with Crippen molar-refractivity contribution in [3.05, 3.63) is 84.1 Å². The van der Waals surface area contributed by atoms with Gasteiger partial charge in [-0.15, -0.1) is 24.8 Å². The summed E-state index contributed by atoms with van der Waals surface area (Å²) in [6.07, 6.45) is 1.32. The molecule has 10 nitrogen and oxygen atoms in total. The molecular formula is C26H23Cl2FN6O4. The number of furan rings is 1. The summed E-state index contributed by atoms with van der Waals surface area (Å²) in [6.45, 7) is -0.0439. The number of benzene rings is 2. The zero-order valence-corrected chi connectivity index (χ0v) is 21.7. The summed E-state index contributed by atoms with van der Waals surface area (Å²) in [5.74, 6) is -2.30. The molecule has 2 aromatic carbocycles. The van der Waals surface area contributed by atoms with E-state index in [2.05, 4.69) is 15.6 Å². The molecule has 2 heterocycles. The van der Waals surface area contributed by atoms with Crippen molar-refractivity contribution in [1.82, 2.24) is 4.98 Å². The fraction of sp³-hybridized carbons (Fsp3) is 0.0769. The van der Waals surface area contributed by atoms with Crippen molar-refractivity contribution in [2.75, 3.05) is 17.2 Å². The SMILES string of the molecule is Cl.Cl.N#Cc1c(-c2cccc(NC(=O)[C@@H](N)CN)c2)cc(-c2ccc(F)cc2O)nc1NC(=O)c1ccco1. The smallest absolute Gasteiger partial charge is 0.292 e. The number of hydrogen-bond donors (Lipinski definition) is 5. The molecule has 0 aliphatic rings. The largest absolute Gasteiger partial charge is 0.507 e. The Morgan fingerprint density at radius 1 is 1.08 bits per heavy atom. The molecule has 13 heteroatoms. The highest BCUT2D eigenvalue weighted by molar-refractivity contribution is 6.03. The number of rotatable bonds is 7. The third-order valence-electron chi connectivity index (χ3n) is 5.38. The number of aromatic hydroxyl groups is 1. The first-order valence-electron chi connectivity index (χ1n) is 11.0. The second-order valence-electron chi connectivity index (χ2n) is 7.90. The van der Waals surface area contributed by atoms with E-state index in [1.54, 1.807) is 24.3 Å². The number of nitrogens with one attached hydrogen (secondary N) is 2. The molecule has 4 aromatic rings. The molecule has 0 spiro atoms. The number of pyridine rings is 1. The maximum atomic E-state index is 13.6. The van der Waals surface area contributed by atoms with Gasteiger partial charge in [0.15, 0.2) is 11.6 Å². The van der Waals surface area contributed by atoms with Gasteiger partial charge in [-0.25, -0.2) is 9.37 Å². The van der Waals surface area contributed by atoms with E-state index < -0.39 is 23.7 Å². The molecule has 0 saturated carbocycles. The predicted octanol–water partition coefficient (Wildman–Crippen LogP) is 4.05. The Hall–Kier alpha value is -4.47. The molecule has 1 atom stereocenters. The number of aromatic nitrogens is 1. The van der Waals surface area contributed by atoms with Crippen LogP contribution in [0.15, 0.2) is 71.3 Å². The Kier molecular flexibility index (Phi) is 10.5. The number of nitrogens with two attached hydrogens (primary N) is 2. The maximum Gasteiger partial charge on any atom is 0.292 e. The molecule has 2 amide bonds. The molecule has 39 heavy (non-hydrogen) atoms. The lowest BCUT2D eigenvalue weighted by atomic mass is 9.97. The van der Waals surface area contributed by atoms with Gasteiger partial charge in [0.1, 0.15) is 23.2 Å². The van der Waals surface area contributed by atoms with Crippen LogP contribution in [0.4, 0.5) is 15.9 Å². The summed E-state index contributed by atoms with van der Waals surface area (Å²) in [7, 11) is 0. The van der Waals surface area contributed by atoms with E-state index in [-0.39, 0.29) is 65.5 Å². The van der Waals surface area contributed by atoms with Gasteiger partial charge in [-0.05, 0) is 48.0 Å². The van der Waals surface area contributed by atoms with Crippen LogP contribution in [0.1, 0.15) is 16.1 Å². The molecule has 0 unspecified atom stereocenters. The van der Waals surface area contributed by atoms with Crippen LogP contribution >= 0.6 is 24.8 Å².